The summed E-state index contributed by atoms with van der Waals surface area (Å²) in [5, 5.41) is 0. The molecule has 0 aliphatic rings. The van der Waals surface area contributed by atoms with Gasteiger partial charge in [0.15, 0.2) is 0 Å². The summed E-state index contributed by atoms with van der Waals surface area (Å²) < 4.78 is 2.98. The molecule has 7 heavy (non-hydrogen) atoms. The van der Waals surface area contributed by atoms with Gasteiger partial charge in [0.25, 0.3) is 0 Å². The molecule has 0 nitrogen and oxygen atoms in total. The first-order valence-electron chi connectivity index (χ1n) is 2.29. The summed E-state index contributed by atoms with van der Waals surface area (Å²) in [6.07, 6.45) is 0. The van der Waals surface area contributed by atoms with E-state index in [0.29, 0.717) is 0 Å². The van der Waals surface area contributed by atoms with Gasteiger partial charge in [-0.2, -0.15) is 0 Å². The van der Waals surface area contributed by atoms with Crippen LogP contribution in [0.4, 0.5) is 0 Å². The summed E-state index contributed by atoms with van der Waals surface area (Å²) in [7, 11) is -1.00. The summed E-state index contributed by atoms with van der Waals surface area (Å²) >= 11 is 1.52. The Hall–Kier alpha value is 0.413. The topological polar surface area (TPSA) is 0 Å². The molecular weight excluding hydrogens is 158 g/mol. The van der Waals surface area contributed by atoms with E-state index in [1.807, 2.05) is 0 Å². The standard InChI is InChI=1S/C5H9Si.Ga/c1-5-6(2,3)4;/h2-4H3;. The molecule has 0 amide bonds. The van der Waals surface area contributed by atoms with E-state index in [4.69, 9.17) is 0 Å². The Bertz CT molecular complexity index is 101. The van der Waals surface area contributed by atoms with Gasteiger partial charge < -0.3 is 0 Å². The van der Waals surface area contributed by atoms with Crippen LogP contribution in [0.3, 0.4) is 0 Å². The summed E-state index contributed by atoms with van der Waals surface area (Å²) in [6.45, 7) is 6.75. The first kappa shape index (κ1) is 7.41. The van der Waals surface area contributed by atoms with Crippen molar-refractivity contribution in [3.05, 3.63) is 0 Å². The molecule has 2 radical (unpaired) electrons. The van der Waals surface area contributed by atoms with Crippen LogP contribution in [0.25, 0.3) is 0 Å². The molecule has 0 rings (SSSR count). The van der Waals surface area contributed by atoms with Gasteiger partial charge in [0, 0.05) is 0 Å². The Morgan fingerprint density at radius 2 is 1.71 bits per heavy atom. The minimum atomic E-state index is -1.00. The zero-order valence-corrected chi connectivity index (χ0v) is 8.50. The molecule has 0 N–H and O–H groups in total. The molecule has 36 valence electrons. The van der Waals surface area contributed by atoms with Crippen molar-refractivity contribution in [2.75, 3.05) is 0 Å². The first-order valence-corrected chi connectivity index (χ1v) is 7.00. The third-order valence-electron chi connectivity index (χ3n) is 0.447. The predicted molar refractivity (Wildman–Crippen MR) is 36.9 cm³/mol. The average molecular weight is 167 g/mol. The van der Waals surface area contributed by atoms with Crippen LogP contribution in [0.15, 0.2) is 0 Å². The van der Waals surface area contributed by atoms with Crippen molar-refractivity contribution in [3.8, 4) is 10.0 Å². The van der Waals surface area contributed by atoms with Crippen LogP contribution in [0.2, 0.25) is 19.6 Å². The molecule has 0 heterocycles. The van der Waals surface area contributed by atoms with Gasteiger partial charge in [-0.1, -0.05) is 0 Å². The van der Waals surface area contributed by atoms with Crippen molar-refractivity contribution >= 4 is 26.7 Å². The van der Waals surface area contributed by atoms with Crippen molar-refractivity contribution in [2.24, 2.45) is 0 Å². The Morgan fingerprint density at radius 1 is 1.29 bits per heavy atom. The second kappa shape index (κ2) is 2.66. The fourth-order valence-corrected chi connectivity index (χ4v) is 3.38. The first-order chi connectivity index (χ1) is 3.06. The van der Waals surface area contributed by atoms with E-state index in [0.717, 1.165) is 0 Å². The number of hydrogen-bond donors (Lipinski definition) is 0. The van der Waals surface area contributed by atoms with E-state index in [1.165, 1.54) is 18.6 Å². The van der Waals surface area contributed by atoms with Gasteiger partial charge in [0.05, 0.1) is 0 Å². The van der Waals surface area contributed by atoms with Crippen LogP contribution >= 0.6 is 0 Å². The van der Waals surface area contributed by atoms with Crippen LogP contribution in [0.1, 0.15) is 0 Å². The van der Waals surface area contributed by atoms with Crippen LogP contribution in [-0.2, 0) is 0 Å². The summed E-state index contributed by atoms with van der Waals surface area (Å²) in [5.74, 6) is 0. The van der Waals surface area contributed by atoms with E-state index in [9.17, 15) is 0 Å². The SMILES string of the molecule is C[Si](C)(C)C#[C][Ga]. The van der Waals surface area contributed by atoms with Crippen LogP contribution in [0.5, 0.6) is 0 Å². The molecule has 0 aliphatic heterocycles. The molecule has 0 atom stereocenters. The minimum absolute atomic E-state index is 1.00. The van der Waals surface area contributed by atoms with Crippen molar-refractivity contribution in [2.45, 2.75) is 19.6 Å². The molecule has 0 aromatic heterocycles. The third kappa shape index (κ3) is 6.41. The van der Waals surface area contributed by atoms with E-state index < -0.39 is 8.07 Å². The molecule has 2 heteroatoms. The number of hydrogen-bond acceptors (Lipinski definition) is 0. The normalized spacial score (nSPS) is 9.57. The predicted octanol–water partition coefficient (Wildman–Crippen LogP) is 0.993. The van der Waals surface area contributed by atoms with E-state index in [1.54, 1.807) is 0 Å². The summed E-state index contributed by atoms with van der Waals surface area (Å²) in [4.78, 5) is 0. The van der Waals surface area contributed by atoms with Gasteiger partial charge in [-0.25, -0.2) is 0 Å². The average Bonchev–Trinajstić information content (AvgIpc) is 1.30. The van der Waals surface area contributed by atoms with Gasteiger partial charge in [0.2, 0.25) is 0 Å². The summed E-state index contributed by atoms with van der Waals surface area (Å²) in [5.41, 5.74) is 3.20. The molecule has 0 aromatic rings. The molecule has 0 aromatic carbocycles. The maximum absolute atomic E-state index is 3.20. The summed E-state index contributed by atoms with van der Waals surface area (Å²) in [6, 6.07) is 0. The monoisotopic (exact) mass is 166 g/mol. The molecule has 0 saturated carbocycles. The Morgan fingerprint density at radius 3 is 1.71 bits per heavy atom. The third-order valence-corrected chi connectivity index (χ3v) is 2.25. The zero-order chi connectivity index (χ0) is 5.91. The van der Waals surface area contributed by atoms with Gasteiger partial charge in [-0.15, -0.1) is 0 Å². The van der Waals surface area contributed by atoms with Crippen molar-refractivity contribution in [1.82, 2.24) is 0 Å². The molecular formula is C5H9GaSi. The fourth-order valence-electron chi connectivity index (χ4n) is 0.217. The molecule has 0 saturated heterocycles. The van der Waals surface area contributed by atoms with Crippen molar-refractivity contribution < 1.29 is 0 Å². The Balaban J connectivity index is 3.72. The number of rotatable bonds is 0. The molecule has 0 aliphatic carbocycles. The quantitative estimate of drug-likeness (QED) is 0.372. The van der Waals surface area contributed by atoms with Crippen molar-refractivity contribution in [3.63, 3.8) is 0 Å². The second-order valence-corrected chi connectivity index (χ2v) is 7.88. The van der Waals surface area contributed by atoms with Gasteiger partial charge in [0.1, 0.15) is 0 Å². The van der Waals surface area contributed by atoms with E-state index in [2.05, 4.69) is 29.7 Å². The maximum atomic E-state index is 3.20. The van der Waals surface area contributed by atoms with Gasteiger partial charge >= 0.3 is 56.3 Å². The van der Waals surface area contributed by atoms with Crippen LogP contribution in [0, 0.1) is 10.0 Å². The molecule has 0 fully saturated rings. The van der Waals surface area contributed by atoms with Gasteiger partial charge in [-0.05, 0) is 0 Å². The fraction of sp³-hybridized carbons (Fsp3) is 0.600. The van der Waals surface area contributed by atoms with Crippen LogP contribution < -0.4 is 0 Å². The Kier molecular flexibility index (Phi) is 2.81. The second-order valence-electron chi connectivity index (χ2n) is 2.52. The zero-order valence-electron chi connectivity index (χ0n) is 5.08. The molecule has 0 unspecified atom stereocenters. The molecule has 0 spiro atoms. The van der Waals surface area contributed by atoms with Gasteiger partial charge in [-0.3, -0.25) is 0 Å². The Labute approximate surface area is 56.6 Å². The molecule has 0 bridgehead atoms. The van der Waals surface area contributed by atoms with Crippen molar-refractivity contribution in [1.29, 1.82) is 0 Å². The van der Waals surface area contributed by atoms with E-state index in [-0.39, 0.29) is 0 Å². The van der Waals surface area contributed by atoms with Crippen LogP contribution in [-0.4, -0.2) is 26.7 Å². The van der Waals surface area contributed by atoms with E-state index >= 15 is 0 Å².